The second-order valence-corrected chi connectivity index (χ2v) is 6.86. The number of halogens is 1. The van der Waals surface area contributed by atoms with Gasteiger partial charge in [-0.1, -0.05) is 0 Å². The fraction of sp³-hybridized carbons (Fsp3) is 0.364. The summed E-state index contributed by atoms with van der Waals surface area (Å²) in [6.45, 7) is 4.98. The predicted molar refractivity (Wildman–Crippen MR) is 110 cm³/mol. The predicted octanol–water partition coefficient (Wildman–Crippen LogP) is 4.23. The minimum Gasteiger partial charge on any atom is -0.490 e. The number of amides is 2. The highest BCUT2D eigenvalue weighted by Gasteiger charge is 2.34. The van der Waals surface area contributed by atoms with Crippen LogP contribution in [0.5, 0.6) is 11.5 Å². The highest BCUT2D eigenvalue weighted by molar-refractivity contribution is 5.90. The zero-order valence-corrected chi connectivity index (χ0v) is 17.0. The molecule has 0 unspecified atom stereocenters. The number of benzene rings is 2. The molecule has 2 amide bonds. The lowest BCUT2D eigenvalue weighted by molar-refractivity contribution is -0.138. The smallest absolute Gasteiger partial charge is 0.322 e. The van der Waals surface area contributed by atoms with Gasteiger partial charge in [-0.25, -0.2) is 9.18 Å². The summed E-state index contributed by atoms with van der Waals surface area (Å²) in [5.74, 6) is -0.290. The summed E-state index contributed by atoms with van der Waals surface area (Å²) in [6, 6.07) is 7.95. The molecule has 1 aliphatic heterocycles. The van der Waals surface area contributed by atoms with Crippen molar-refractivity contribution in [1.82, 2.24) is 4.90 Å². The maximum Gasteiger partial charge on any atom is 0.322 e. The molecule has 2 aromatic rings. The third-order valence-corrected chi connectivity index (χ3v) is 4.89. The Morgan fingerprint density at radius 3 is 2.37 bits per heavy atom. The van der Waals surface area contributed by atoms with Crippen molar-refractivity contribution < 1.29 is 28.6 Å². The summed E-state index contributed by atoms with van der Waals surface area (Å²) in [5.41, 5.74) is 2.09. The molecule has 3 rings (SSSR count). The number of carboxylic acids is 1. The second-order valence-electron chi connectivity index (χ2n) is 6.86. The molecular formula is C22H25FN2O5. The van der Waals surface area contributed by atoms with Crippen molar-refractivity contribution in [2.45, 2.75) is 32.7 Å². The van der Waals surface area contributed by atoms with E-state index in [1.165, 1.54) is 29.2 Å². The largest absolute Gasteiger partial charge is 0.490 e. The van der Waals surface area contributed by atoms with Gasteiger partial charge in [-0.15, -0.1) is 0 Å². The third kappa shape index (κ3) is 4.82. The average molecular weight is 416 g/mol. The van der Waals surface area contributed by atoms with Crippen LogP contribution in [-0.2, 0) is 11.2 Å². The number of hydrogen-bond donors (Lipinski definition) is 2. The summed E-state index contributed by atoms with van der Waals surface area (Å²) >= 11 is 0. The van der Waals surface area contributed by atoms with Gasteiger partial charge >= 0.3 is 12.0 Å². The van der Waals surface area contributed by atoms with Crippen molar-refractivity contribution in [3.05, 3.63) is 53.3 Å². The summed E-state index contributed by atoms with van der Waals surface area (Å²) in [5, 5.41) is 12.2. The number of hydrogen-bond acceptors (Lipinski definition) is 4. The van der Waals surface area contributed by atoms with Crippen LogP contribution in [0, 0.1) is 5.82 Å². The zero-order chi connectivity index (χ0) is 21.7. The zero-order valence-electron chi connectivity index (χ0n) is 17.0. The Morgan fingerprint density at radius 1 is 1.13 bits per heavy atom. The van der Waals surface area contributed by atoms with Crippen LogP contribution >= 0.6 is 0 Å². The molecule has 0 spiro atoms. The molecule has 2 N–H and O–H groups in total. The minimum absolute atomic E-state index is 0.247. The van der Waals surface area contributed by atoms with Crippen molar-refractivity contribution in [3.63, 3.8) is 0 Å². The number of nitrogens with one attached hydrogen (secondary N) is 1. The van der Waals surface area contributed by atoms with Gasteiger partial charge < -0.3 is 24.8 Å². The molecule has 7 nitrogen and oxygen atoms in total. The summed E-state index contributed by atoms with van der Waals surface area (Å²) < 4.78 is 24.5. The molecule has 160 valence electrons. The van der Waals surface area contributed by atoms with Gasteiger partial charge in [0, 0.05) is 12.2 Å². The van der Waals surface area contributed by atoms with Crippen LogP contribution in [0.3, 0.4) is 0 Å². The lowest BCUT2D eigenvalue weighted by atomic mass is 9.90. The number of carbonyl (C=O) groups is 2. The molecule has 0 aliphatic carbocycles. The van der Waals surface area contributed by atoms with Crippen LogP contribution in [0.2, 0.25) is 0 Å². The summed E-state index contributed by atoms with van der Waals surface area (Å²) in [7, 11) is 0. The number of nitrogens with zero attached hydrogens (tertiary/aromatic N) is 1. The van der Waals surface area contributed by atoms with E-state index in [1.807, 2.05) is 19.9 Å². The van der Waals surface area contributed by atoms with Crippen molar-refractivity contribution in [3.8, 4) is 11.5 Å². The molecule has 1 atom stereocenters. The maximum atomic E-state index is 13.1. The van der Waals surface area contributed by atoms with E-state index in [4.69, 9.17) is 9.47 Å². The first-order valence-electron chi connectivity index (χ1n) is 9.90. The van der Waals surface area contributed by atoms with Gasteiger partial charge in [-0.2, -0.15) is 0 Å². The molecule has 2 aromatic carbocycles. The fourth-order valence-electron chi connectivity index (χ4n) is 3.60. The molecule has 0 fully saturated rings. The van der Waals surface area contributed by atoms with Gasteiger partial charge in [0.15, 0.2) is 11.5 Å². The van der Waals surface area contributed by atoms with Gasteiger partial charge in [0.25, 0.3) is 0 Å². The van der Waals surface area contributed by atoms with E-state index in [0.717, 1.165) is 11.1 Å². The topological polar surface area (TPSA) is 88.1 Å². The van der Waals surface area contributed by atoms with E-state index < -0.39 is 23.9 Å². The van der Waals surface area contributed by atoms with E-state index >= 15 is 0 Å². The van der Waals surface area contributed by atoms with Gasteiger partial charge in [-0.05, 0) is 67.8 Å². The van der Waals surface area contributed by atoms with Crippen LogP contribution in [0.1, 0.15) is 37.4 Å². The Kier molecular flexibility index (Phi) is 6.76. The van der Waals surface area contributed by atoms with Gasteiger partial charge in [0.05, 0.1) is 25.7 Å². The minimum atomic E-state index is -1.01. The molecule has 1 aliphatic rings. The first-order chi connectivity index (χ1) is 14.4. The van der Waals surface area contributed by atoms with E-state index in [9.17, 15) is 19.1 Å². The average Bonchev–Trinajstić information content (AvgIpc) is 2.70. The molecule has 0 saturated carbocycles. The molecule has 0 bridgehead atoms. The molecule has 1 heterocycles. The van der Waals surface area contributed by atoms with Gasteiger partial charge in [0.2, 0.25) is 0 Å². The Labute approximate surface area is 174 Å². The number of carbonyl (C=O) groups excluding carboxylic acids is 1. The van der Waals surface area contributed by atoms with Crippen LogP contribution in [0.4, 0.5) is 14.9 Å². The van der Waals surface area contributed by atoms with Crippen molar-refractivity contribution >= 4 is 17.7 Å². The maximum absolute atomic E-state index is 13.1. The summed E-state index contributed by atoms with van der Waals surface area (Å²) in [4.78, 5) is 26.0. The van der Waals surface area contributed by atoms with E-state index in [0.29, 0.717) is 43.4 Å². The van der Waals surface area contributed by atoms with Gasteiger partial charge in [-0.3, -0.25) is 4.79 Å². The highest BCUT2D eigenvalue weighted by atomic mass is 19.1. The summed E-state index contributed by atoms with van der Waals surface area (Å²) in [6.07, 6.45) is 0.304. The van der Waals surface area contributed by atoms with Crippen LogP contribution in [-0.4, -0.2) is 41.8 Å². The highest BCUT2D eigenvalue weighted by Crippen LogP contribution is 2.40. The normalized spacial score (nSPS) is 15.3. The Hall–Kier alpha value is -3.29. The Balaban J connectivity index is 1.93. The SMILES string of the molecule is CCOc1cc2c(cc1OCC)[C@@H](CC(=O)O)N(C(=O)Nc1ccc(F)cc1)CC2. The second kappa shape index (κ2) is 9.47. The van der Waals surface area contributed by atoms with E-state index in [2.05, 4.69) is 5.32 Å². The molecule has 30 heavy (non-hydrogen) atoms. The van der Waals surface area contributed by atoms with E-state index in [-0.39, 0.29) is 6.42 Å². The molecule has 0 aromatic heterocycles. The third-order valence-electron chi connectivity index (χ3n) is 4.89. The quantitative estimate of drug-likeness (QED) is 0.705. The molecule has 0 radical (unpaired) electrons. The van der Waals surface area contributed by atoms with Crippen molar-refractivity contribution in [2.24, 2.45) is 0 Å². The van der Waals surface area contributed by atoms with Crippen molar-refractivity contribution in [1.29, 1.82) is 0 Å². The number of urea groups is 1. The first-order valence-corrected chi connectivity index (χ1v) is 9.90. The number of carboxylic acid groups (broad SMARTS) is 1. The Morgan fingerprint density at radius 2 is 1.77 bits per heavy atom. The number of ether oxygens (including phenoxy) is 2. The Bertz CT molecular complexity index is 916. The molecule has 0 saturated heterocycles. The standard InChI is InChI=1S/C22H25FN2O5/c1-3-29-19-11-14-9-10-25(22(28)24-16-7-5-15(23)6-8-16)18(13-21(26)27)17(14)12-20(19)30-4-2/h5-8,11-12,18H,3-4,9-10,13H2,1-2H3,(H,24,28)(H,26,27)/t18-/m1/s1. The van der Waals surface area contributed by atoms with Crippen LogP contribution in [0.25, 0.3) is 0 Å². The molecule has 8 heteroatoms. The number of rotatable bonds is 7. The van der Waals surface area contributed by atoms with Crippen molar-refractivity contribution in [2.75, 3.05) is 25.1 Å². The van der Waals surface area contributed by atoms with Crippen LogP contribution in [0.15, 0.2) is 36.4 Å². The number of aliphatic carboxylic acids is 1. The van der Waals surface area contributed by atoms with Gasteiger partial charge in [0.1, 0.15) is 5.82 Å². The fourth-order valence-corrected chi connectivity index (χ4v) is 3.60. The van der Waals surface area contributed by atoms with E-state index in [1.54, 1.807) is 6.07 Å². The van der Waals surface area contributed by atoms with Crippen LogP contribution < -0.4 is 14.8 Å². The lowest BCUT2D eigenvalue weighted by Gasteiger charge is -2.37. The molecular weight excluding hydrogens is 391 g/mol. The number of anilines is 1. The lowest BCUT2D eigenvalue weighted by Crippen LogP contribution is -2.43. The first kappa shape index (κ1) is 21.4. The monoisotopic (exact) mass is 416 g/mol. The number of fused-ring (bicyclic) bond motifs is 1.